The predicted octanol–water partition coefficient (Wildman–Crippen LogP) is 5.61. The minimum atomic E-state index is -0.853. The van der Waals surface area contributed by atoms with Crippen LogP contribution in [-0.2, 0) is 9.53 Å². The quantitative estimate of drug-likeness (QED) is 0.152. The van der Waals surface area contributed by atoms with E-state index in [0.29, 0.717) is 24.2 Å². The van der Waals surface area contributed by atoms with Crippen molar-refractivity contribution in [3.63, 3.8) is 0 Å². The van der Waals surface area contributed by atoms with Crippen LogP contribution in [0.5, 0.6) is 5.75 Å². The van der Waals surface area contributed by atoms with Crippen LogP contribution in [0.15, 0.2) is 50.7 Å². The topological polar surface area (TPSA) is 93.8 Å². The van der Waals surface area contributed by atoms with E-state index in [1.165, 1.54) is 19.3 Å². The smallest absolute Gasteiger partial charge is 0.351 e. The summed E-state index contributed by atoms with van der Waals surface area (Å²) >= 11 is 0. The van der Waals surface area contributed by atoms with Crippen LogP contribution in [0.2, 0.25) is 0 Å². The van der Waals surface area contributed by atoms with E-state index in [1.807, 2.05) is 19.9 Å². The van der Waals surface area contributed by atoms with Gasteiger partial charge >= 0.3 is 11.6 Å². The Morgan fingerprint density at radius 2 is 1.94 bits per heavy atom. The second-order valence-corrected chi connectivity index (χ2v) is 7.75. The number of hydrogen-bond acceptors (Lipinski definition) is 6. The Hall–Kier alpha value is -2.89. The molecule has 1 unspecified atom stereocenters. The molecule has 0 aromatic carbocycles. The summed E-state index contributed by atoms with van der Waals surface area (Å²) in [5.74, 6) is -1.27. The Bertz CT molecular complexity index is 901. The van der Waals surface area contributed by atoms with Crippen LogP contribution in [0.1, 0.15) is 88.3 Å². The van der Waals surface area contributed by atoms with E-state index in [0.717, 1.165) is 31.3 Å². The molecule has 0 radical (unpaired) electrons. The molecule has 6 nitrogen and oxygen atoms in total. The molecule has 6 heteroatoms. The Labute approximate surface area is 184 Å². The lowest BCUT2D eigenvalue weighted by molar-refractivity contribution is -0.134. The zero-order valence-electron chi connectivity index (χ0n) is 19.2. The molecule has 1 rings (SSSR count). The molecule has 0 aliphatic heterocycles. The third-order valence-electron chi connectivity index (χ3n) is 5.03. The highest BCUT2D eigenvalue weighted by Gasteiger charge is 2.21. The van der Waals surface area contributed by atoms with E-state index in [2.05, 4.69) is 11.7 Å². The maximum Gasteiger partial charge on any atom is 0.351 e. The molecule has 0 fully saturated rings. The summed E-state index contributed by atoms with van der Waals surface area (Å²) in [7, 11) is 1.30. The average Bonchev–Trinajstić information content (AvgIpc) is 2.74. The van der Waals surface area contributed by atoms with Crippen molar-refractivity contribution in [1.82, 2.24) is 0 Å². The lowest BCUT2D eigenvalue weighted by atomic mass is 9.99. The fraction of sp³-hybridized carbons (Fsp3) is 0.480. The molecule has 1 aromatic heterocycles. The summed E-state index contributed by atoms with van der Waals surface area (Å²) in [6, 6.07) is 1.32. The molecular weight excluding hydrogens is 396 g/mol. The number of esters is 1. The van der Waals surface area contributed by atoms with Crippen LogP contribution in [0.25, 0.3) is 0 Å². The first-order valence-corrected chi connectivity index (χ1v) is 10.7. The largest absolute Gasteiger partial charge is 0.507 e. The van der Waals surface area contributed by atoms with Crippen molar-refractivity contribution >= 4 is 11.8 Å². The first-order valence-electron chi connectivity index (χ1n) is 10.7. The van der Waals surface area contributed by atoms with Crippen LogP contribution in [0.4, 0.5) is 0 Å². The molecule has 1 N–H and O–H groups in total. The summed E-state index contributed by atoms with van der Waals surface area (Å²) in [4.78, 5) is 36.2. The van der Waals surface area contributed by atoms with Crippen LogP contribution in [0, 0.1) is 0 Å². The van der Waals surface area contributed by atoms with E-state index >= 15 is 0 Å². The van der Waals surface area contributed by atoms with Gasteiger partial charge in [0.25, 0.3) is 0 Å². The second-order valence-electron chi connectivity index (χ2n) is 7.75. The summed E-state index contributed by atoms with van der Waals surface area (Å²) in [6.07, 6.45) is 12.1. The van der Waals surface area contributed by atoms with Crippen molar-refractivity contribution in [2.24, 2.45) is 0 Å². The standard InChI is InChI=1S/C25H34O6/c1-6-7-8-11-17(2)14-15-19(4)24(28)23-20(26)16-21(31-25(23)29)18(3)12-9-10-13-22(27)30-5/h10,13-16,18,26H,6-9,11-12H2,1-5H3. The van der Waals surface area contributed by atoms with Gasteiger partial charge in [0.1, 0.15) is 17.1 Å². The molecule has 1 atom stereocenters. The van der Waals surface area contributed by atoms with Crippen LogP contribution < -0.4 is 5.63 Å². The van der Waals surface area contributed by atoms with Crippen molar-refractivity contribution in [3.05, 3.63) is 63.3 Å². The lowest BCUT2D eigenvalue weighted by Gasteiger charge is -2.11. The van der Waals surface area contributed by atoms with Crippen molar-refractivity contribution in [1.29, 1.82) is 0 Å². The lowest BCUT2D eigenvalue weighted by Crippen LogP contribution is -2.16. The number of carbonyl (C=O) groups is 2. The number of Topliss-reactive ketones (excluding diaryl/α,β-unsaturated/α-hetero) is 1. The highest BCUT2D eigenvalue weighted by atomic mass is 16.5. The van der Waals surface area contributed by atoms with Gasteiger partial charge in [0, 0.05) is 18.1 Å². The van der Waals surface area contributed by atoms with E-state index in [1.54, 1.807) is 19.1 Å². The van der Waals surface area contributed by atoms with Gasteiger partial charge in [-0.05, 0) is 45.1 Å². The second kappa shape index (κ2) is 13.4. The molecule has 0 aliphatic rings. The fourth-order valence-corrected chi connectivity index (χ4v) is 2.96. The molecule has 0 saturated carbocycles. The number of allylic oxidation sites excluding steroid dienone is 5. The minimum absolute atomic E-state index is 0.185. The fourth-order valence-electron chi connectivity index (χ4n) is 2.96. The molecule has 1 heterocycles. The molecule has 0 saturated heterocycles. The molecular formula is C25H34O6. The van der Waals surface area contributed by atoms with Crippen LogP contribution in [-0.4, -0.2) is 24.0 Å². The summed E-state index contributed by atoms with van der Waals surface area (Å²) in [6.45, 7) is 7.60. The summed E-state index contributed by atoms with van der Waals surface area (Å²) in [5.41, 5.74) is 0.300. The van der Waals surface area contributed by atoms with Gasteiger partial charge in [0.2, 0.25) is 0 Å². The van der Waals surface area contributed by atoms with Crippen molar-refractivity contribution < 1.29 is 23.8 Å². The summed E-state index contributed by atoms with van der Waals surface area (Å²) in [5, 5.41) is 10.3. The van der Waals surface area contributed by atoms with Crippen molar-refractivity contribution in [2.75, 3.05) is 7.11 Å². The third-order valence-corrected chi connectivity index (χ3v) is 5.03. The van der Waals surface area contributed by atoms with Gasteiger partial charge in [0.05, 0.1) is 7.11 Å². The summed E-state index contributed by atoms with van der Waals surface area (Å²) < 4.78 is 9.84. The van der Waals surface area contributed by atoms with Gasteiger partial charge in [-0.1, -0.05) is 50.5 Å². The number of unbranched alkanes of at least 4 members (excludes halogenated alkanes) is 2. The first kappa shape index (κ1) is 26.1. The molecule has 170 valence electrons. The number of hydrogen-bond donors (Lipinski definition) is 1. The van der Waals surface area contributed by atoms with Crippen LogP contribution >= 0.6 is 0 Å². The normalized spacial score (nSPS) is 13.5. The first-order chi connectivity index (χ1) is 14.7. The van der Waals surface area contributed by atoms with Gasteiger partial charge in [-0.2, -0.15) is 0 Å². The highest BCUT2D eigenvalue weighted by molar-refractivity contribution is 6.09. The number of carbonyl (C=O) groups excluding carboxylic acids is 2. The average molecular weight is 431 g/mol. The maximum atomic E-state index is 12.7. The van der Waals surface area contributed by atoms with Gasteiger partial charge in [0.15, 0.2) is 5.78 Å². The molecule has 0 spiro atoms. The zero-order valence-corrected chi connectivity index (χ0v) is 19.2. The molecule has 0 bridgehead atoms. The van der Waals surface area contributed by atoms with Gasteiger partial charge in [-0.25, -0.2) is 9.59 Å². The Morgan fingerprint density at radius 1 is 1.23 bits per heavy atom. The van der Waals surface area contributed by atoms with Crippen molar-refractivity contribution in [3.8, 4) is 5.75 Å². The van der Waals surface area contributed by atoms with Gasteiger partial charge < -0.3 is 14.3 Å². The Kier molecular flexibility index (Phi) is 11.3. The molecule has 1 aromatic rings. The minimum Gasteiger partial charge on any atom is -0.507 e. The van der Waals surface area contributed by atoms with Crippen molar-refractivity contribution in [2.45, 2.75) is 72.1 Å². The number of rotatable bonds is 12. The zero-order chi connectivity index (χ0) is 23.4. The van der Waals surface area contributed by atoms with Crippen LogP contribution in [0.3, 0.4) is 0 Å². The molecule has 31 heavy (non-hydrogen) atoms. The van der Waals surface area contributed by atoms with E-state index in [-0.39, 0.29) is 17.2 Å². The number of aromatic hydroxyl groups is 1. The number of methoxy groups -OCH3 is 1. The Morgan fingerprint density at radius 3 is 2.55 bits per heavy atom. The monoisotopic (exact) mass is 430 g/mol. The van der Waals surface area contributed by atoms with Gasteiger partial charge in [-0.3, -0.25) is 4.79 Å². The Balaban J connectivity index is 2.90. The van der Waals surface area contributed by atoms with E-state index in [4.69, 9.17) is 4.42 Å². The number of ether oxygens (including phenoxy) is 1. The highest BCUT2D eigenvalue weighted by Crippen LogP contribution is 2.26. The SMILES string of the molecule is CCCCCC(C)=CC=C(C)C(=O)c1c(O)cc(C(C)CCC=CC(=O)OC)oc1=O. The molecule has 0 aliphatic carbocycles. The van der Waals surface area contributed by atoms with E-state index < -0.39 is 17.4 Å². The van der Waals surface area contributed by atoms with E-state index in [9.17, 15) is 19.5 Å². The predicted molar refractivity (Wildman–Crippen MR) is 121 cm³/mol. The number of ketones is 1. The molecule has 0 amide bonds. The third kappa shape index (κ3) is 8.79. The maximum absolute atomic E-state index is 12.7. The van der Waals surface area contributed by atoms with Gasteiger partial charge in [-0.15, -0.1) is 0 Å².